The summed E-state index contributed by atoms with van der Waals surface area (Å²) in [5.74, 6) is 0.851. The summed E-state index contributed by atoms with van der Waals surface area (Å²) < 4.78 is 51.6. The van der Waals surface area contributed by atoms with Gasteiger partial charge >= 0.3 is 18.2 Å². The van der Waals surface area contributed by atoms with E-state index in [1.807, 2.05) is 0 Å². The van der Waals surface area contributed by atoms with Crippen LogP contribution in [-0.2, 0) is 6.18 Å². The topological polar surface area (TPSA) is 90.3 Å². The van der Waals surface area contributed by atoms with E-state index < -0.39 is 17.8 Å². The Kier molecular flexibility index (Phi) is 7.09. The molecule has 4 rings (SSSR count). The molecule has 0 unspecified atom stereocenters. The van der Waals surface area contributed by atoms with Gasteiger partial charge in [-0.1, -0.05) is 12.1 Å². The lowest BCUT2D eigenvalue weighted by Gasteiger charge is -2.11. The van der Waals surface area contributed by atoms with Gasteiger partial charge in [0, 0.05) is 16.9 Å². The number of rotatable bonds is 7. The molecule has 0 saturated carbocycles. The van der Waals surface area contributed by atoms with Crippen LogP contribution in [0.5, 0.6) is 11.8 Å². The lowest BCUT2D eigenvalue weighted by Crippen LogP contribution is -2.19. The minimum Gasteiger partial charge on any atom is -0.497 e. The van der Waals surface area contributed by atoms with Gasteiger partial charge in [0.15, 0.2) is 5.82 Å². The van der Waals surface area contributed by atoms with Gasteiger partial charge in [-0.25, -0.2) is 9.48 Å². The van der Waals surface area contributed by atoms with Crippen molar-refractivity contribution in [3.8, 4) is 28.8 Å². The normalized spacial score (nSPS) is 11.1. The number of halogens is 3. The van der Waals surface area contributed by atoms with Crippen molar-refractivity contribution >= 4 is 17.4 Å². The van der Waals surface area contributed by atoms with Gasteiger partial charge in [-0.05, 0) is 67.6 Å². The van der Waals surface area contributed by atoms with E-state index in [2.05, 4.69) is 20.7 Å². The number of benzene rings is 3. The molecule has 0 bridgehead atoms. The second kappa shape index (κ2) is 10.4. The summed E-state index contributed by atoms with van der Waals surface area (Å²) in [6.45, 7) is 2.04. The molecule has 2 N–H and O–H groups in total. The predicted molar refractivity (Wildman–Crippen MR) is 129 cm³/mol. The van der Waals surface area contributed by atoms with Crippen LogP contribution in [0.4, 0.5) is 29.3 Å². The summed E-state index contributed by atoms with van der Waals surface area (Å²) in [5.41, 5.74) is 1.03. The lowest BCUT2D eigenvalue weighted by atomic mass is 10.1. The van der Waals surface area contributed by atoms with E-state index in [1.54, 1.807) is 62.6 Å². The van der Waals surface area contributed by atoms with Gasteiger partial charge in [0.25, 0.3) is 0 Å². The number of hydrogen-bond acceptors (Lipinski definition) is 5. The van der Waals surface area contributed by atoms with Crippen LogP contribution in [0.15, 0.2) is 72.8 Å². The van der Waals surface area contributed by atoms with Crippen LogP contribution in [-0.4, -0.2) is 34.5 Å². The number of ether oxygens (including phenoxy) is 2. The first-order valence-corrected chi connectivity index (χ1v) is 10.9. The van der Waals surface area contributed by atoms with E-state index in [0.717, 1.165) is 12.1 Å². The van der Waals surface area contributed by atoms with E-state index in [0.29, 0.717) is 22.8 Å². The van der Waals surface area contributed by atoms with Gasteiger partial charge in [-0.3, -0.25) is 0 Å². The fraction of sp³-hybridized carbons (Fsp3) is 0.160. The number of methoxy groups -OCH3 is 1. The van der Waals surface area contributed by atoms with Crippen LogP contribution in [0.3, 0.4) is 0 Å². The number of amides is 2. The van der Waals surface area contributed by atoms with Gasteiger partial charge in [0.2, 0.25) is 0 Å². The Bertz CT molecular complexity index is 1340. The first kappa shape index (κ1) is 24.6. The Balaban J connectivity index is 1.55. The largest absolute Gasteiger partial charge is 0.497 e. The Labute approximate surface area is 204 Å². The van der Waals surface area contributed by atoms with Crippen LogP contribution in [0, 0.1) is 0 Å². The van der Waals surface area contributed by atoms with Crippen molar-refractivity contribution in [3.63, 3.8) is 0 Å². The fourth-order valence-electron chi connectivity index (χ4n) is 3.34. The van der Waals surface area contributed by atoms with Crippen LogP contribution >= 0.6 is 0 Å². The Hall–Kier alpha value is -4.54. The lowest BCUT2D eigenvalue weighted by molar-refractivity contribution is -0.137. The van der Waals surface area contributed by atoms with Crippen molar-refractivity contribution in [2.75, 3.05) is 24.4 Å². The standard InChI is InChI=1S/C25H22F3N5O3/c1-3-36-24-31-22(16-5-4-6-17(15-16)25(26,27)28)33(32-24)20-11-7-18(8-12-20)29-23(34)30-19-9-13-21(35-2)14-10-19/h4-15H,3H2,1-2H3,(H2,29,30,34). The zero-order chi connectivity index (χ0) is 25.7. The third-order valence-electron chi connectivity index (χ3n) is 5.03. The second-order valence-corrected chi connectivity index (χ2v) is 7.50. The number of carbonyl (C=O) groups is 1. The fourth-order valence-corrected chi connectivity index (χ4v) is 3.34. The van der Waals surface area contributed by atoms with Gasteiger partial charge < -0.3 is 20.1 Å². The molecule has 0 atom stereocenters. The van der Waals surface area contributed by atoms with Crippen LogP contribution in [0.2, 0.25) is 0 Å². The average molecular weight is 497 g/mol. The first-order valence-electron chi connectivity index (χ1n) is 10.9. The zero-order valence-electron chi connectivity index (χ0n) is 19.3. The monoisotopic (exact) mass is 497 g/mol. The highest BCUT2D eigenvalue weighted by atomic mass is 19.4. The van der Waals surface area contributed by atoms with Crippen LogP contribution < -0.4 is 20.1 Å². The number of urea groups is 1. The van der Waals surface area contributed by atoms with Crippen molar-refractivity contribution < 1.29 is 27.4 Å². The SMILES string of the molecule is CCOc1nc(-c2cccc(C(F)(F)F)c2)n(-c2ccc(NC(=O)Nc3ccc(OC)cc3)cc2)n1. The molecule has 0 aliphatic carbocycles. The molecular formula is C25H22F3N5O3. The molecule has 0 fully saturated rings. The Morgan fingerprint density at radius 1 is 0.972 bits per heavy atom. The van der Waals surface area contributed by atoms with Gasteiger partial charge in [0.1, 0.15) is 5.75 Å². The Morgan fingerprint density at radius 3 is 2.19 bits per heavy atom. The predicted octanol–water partition coefficient (Wildman–Crippen LogP) is 6.00. The molecule has 36 heavy (non-hydrogen) atoms. The Morgan fingerprint density at radius 2 is 1.61 bits per heavy atom. The van der Waals surface area contributed by atoms with Crippen molar-refractivity contribution in [3.05, 3.63) is 78.4 Å². The number of hydrogen-bond donors (Lipinski definition) is 2. The number of anilines is 2. The molecule has 3 aromatic carbocycles. The highest BCUT2D eigenvalue weighted by Crippen LogP contribution is 2.33. The number of aromatic nitrogens is 3. The van der Waals surface area contributed by atoms with E-state index in [1.165, 1.54) is 16.8 Å². The highest BCUT2D eigenvalue weighted by molar-refractivity contribution is 5.99. The quantitative estimate of drug-likeness (QED) is 0.327. The molecule has 1 heterocycles. The summed E-state index contributed by atoms with van der Waals surface area (Å²) in [7, 11) is 1.55. The minimum atomic E-state index is -4.50. The third-order valence-corrected chi connectivity index (χ3v) is 5.03. The van der Waals surface area contributed by atoms with Crippen molar-refractivity contribution in [2.45, 2.75) is 13.1 Å². The second-order valence-electron chi connectivity index (χ2n) is 7.50. The minimum absolute atomic E-state index is 0.0333. The smallest absolute Gasteiger partial charge is 0.416 e. The number of carbonyl (C=O) groups excluding carboxylic acids is 1. The molecule has 4 aromatic rings. The van der Waals surface area contributed by atoms with Crippen LogP contribution in [0.1, 0.15) is 12.5 Å². The van der Waals surface area contributed by atoms with Gasteiger partial charge in [-0.2, -0.15) is 18.2 Å². The number of nitrogens with one attached hydrogen (secondary N) is 2. The summed E-state index contributed by atoms with van der Waals surface area (Å²) >= 11 is 0. The highest BCUT2D eigenvalue weighted by Gasteiger charge is 2.31. The molecule has 0 aliphatic heterocycles. The molecule has 2 amide bonds. The van der Waals surface area contributed by atoms with E-state index in [-0.39, 0.29) is 24.0 Å². The van der Waals surface area contributed by atoms with Gasteiger partial charge in [0.05, 0.1) is 25.0 Å². The van der Waals surface area contributed by atoms with Gasteiger partial charge in [-0.15, -0.1) is 5.10 Å². The maximum atomic E-state index is 13.2. The van der Waals surface area contributed by atoms with E-state index in [9.17, 15) is 18.0 Å². The molecule has 0 aliphatic rings. The number of nitrogens with zero attached hydrogens (tertiary/aromatic N) is 3. The van der Waals surface area contributed by atoms with E-state index in [4.69, 9.17) is 9.47 Å². The van der Waals surface area contributed by atoms with Crippen molar-refractivity contribution in [1.29, 1.82) is 0 Å². The zero-order valence-corrected chi connectivity index (χ0v) is 19.3. The molecule has 0 radical (unpaired) electrons. The van der Waals surface area contributed by atoms with Crippen molar-refractivity contribution in [2.24, 2.45) is 0 Å². The molecule has 0 spiro atoms. The van der Waals surface area contributed by atoms with E-state index >= 15 is 0 Å². The molecular weight excluding hydrogens is 475 g/mol. The summed E-state index contributed by atoms with van der Waals surface area (Å²) in [6.07, 6.45) is -4.50. The molecule has 1 aromatic heterocycles. The molecule has 11 heteroatoms. The molecule has 8 nitrogen and oxygen atoms in total. The summed E-state index contributed by atoms with van der Waals surface area (Å²) in [6, 6.07) is 17.9. The maximum absolute atomic E-state index is 13.2. The molecule has 0 saturated heterocycles. The molecule has 186 valence electrons. The van der Waals surface area contributed by atoms with Crippen LogP contribution in [0.25, 0.3) is 17.1 Å². The average Bonchev–Trinajstić information content (AvgIpc) is 3.29. The number of alkyl halides is 3. The third kappa shape index (κ3) is 5.74. The summed E-state index contributed by atoms with van der Waals surface area (Å²) in [5, 5.41) is 9.72. The maximum Gasteiger partial charge on any atom is 0.416 e. The first-order chi connectivity index (χ1) is 17.3. The van der Waals surface area contributed by atoms with Crippen molar-refractivity contribution in [1.82, 2.24) is 14.8 Å². The summed E-state index contributed by atoms with van der Waals surface area (Å²) in [4.78, 5) is 16.6.